The highest BCUT2D eigenvalue weighted by Crippen LogP contribution is 2.32. The third kappa shape index (κ3) is 3.49. The van der Waals surface area contributed by atoms with Crippen LogP contribution < -0.4 is 5.32 Å². The van der Waals surface area contributed by atoms with Gasteiger partial charge < -0.3 is 10.2 Å². The van der Waals surface area contributed by atoms with Crippen molar-refractivity contribution in [1.29, 1.82) is 0 Å². The highest BCUT2D eigenvalue weighted by Gasteiger charge is 2.23. The lowest BCUT2D eigenvalue weighted by molar-refractivity contribution is 0.0916. The van der Waals surface area contributed by atoms with Crippen LogP contribution in [-0.2, 0) is 12.8 Å². The molecule has 1 saturated heterocycles. The van der Waals surface area contributed by atoms with Crippen molar-refractivity contribution in [3.63, 3.8) is 0 Å². The number of thiophene rings is 1. The molecule has 3 rings (SSSR count). The quantitative estimate of drug-likeness (QED) is 0.931. The number of carbonyl (C=O) groups is 1. The van der Waals surface area contributed by atoms with E-state index in [1.54, 1.807) is 11.3 Å². The molecule has 1 amide bonds. The van der Waals surface area contributed by atoms with Gasteiger partial charge in [0.25, 0.3) is 5.91 Å². The number of carbonyl (C=O) groups excluding carboxylic acids is 1. The Hall–Kier alpha value is -0.870. The van der Waals surface area contributed by atoms with Crippen molar-refractivity contribution < 1.29 is 4.79 Å². The van der Waals surface area contributed by atoms with Gasteiger partial charge in [-0.05, 0) is 56.2 Å². The summed E-state index contributed by atoms with van der Waals surface area (Å²) in [6, 6.07) is 2.50. The first-order valence-corrected chi connectivity index (χ1v) is 9.12. The molecule has 1 aromatic heterocycles. The number of hydrogen-bond acceptors (Lipinski definition) is 3. The normalized spacial score (nSPS) is 23.8. The van der Waals surface area contributed by atoms with Gasteiger partial charge in [-0.15, -0.1) is 11.3 Å². The van der Waals surface area contributed by atoms with Gasteiger partial charge in [-0.25, -0.2) is 0 Å². The predicted octanol–water partition coefficient (Wildman–Crippen LogP) is 3.09. The first-order valence-electron chi connectivity index (χ1n) is 8.30. The van der Waals surface area contributed by atoms with E-state index in [2.05, 4.69) is 30.1 Å². The Kier molecular flexibility index (Phi) is 4.65. The number of piperidine rings is 1. The molecule has 0 radical (unpaired) electrons. The highest BCUT2D eigenvalue weighted by atomic mass is 32.1. The molecule has 3 nitrogen and oxygen atoms in total. The minimum absolute atomic E-state index is 0.150. The van der Waals surface area contributed by atoms with Gasteiger partial charge in [-0.3, -0.25) is 4.79 Å². The maximum Gasteiger partial charge on any atom is 0.261 e. The van der Waals surface area contributed by atoms with Gasteiger partial charge in [0.05, 0.1) is 4.88 Å². The molecular formula is C17H26N2OS. The molecule has 0 aromatic carbocycles. The zero-order chi connectivity index (χ0) is 14.8. The summed E-state index contributed by atoms with van der Waals surface area (Å²) in [6.07, 6.45) is 5.74. The fraction of sp³-hybridized carbons (Fsp3) is 0.706. The second kappa shape index (κ2) is 6.49. The van der Waals surface area contributed by atoms with E-state index in [1.165, 1.54) is 16.9 Å². The van der Waals surface area contributed by atoms with Crippen LogP contribution in [0.4, 0.5) is 0 Å². The maximum absolute atomic E-state index is 12.4. The molecule has 0 saturated carbocycles. The molecule has 21 heavy (non-hydrogen) atoms. The molecule has 1 unspecified atom stereocenters. The zero-order valence-electron chi connectivity index (χ0n) is 13.2. The summed E-state index contributed by atoms with van der Waals surface area (Å²) in [5.41, 5.74) is 1.42. The van der Waals surface area contributed by atoms with E-state index >= 15 is 0 Å². The van der Waals surface area contributed by atoms with Crippen LogP contribution in [0.5, 0.6) is 0 Å². The maximum atomic E-state index is 12.4. The monoisotopic (exact) mass is 306 g/mol. The van der Waals surface area contributed by atoms with Crippen molar-refractivity contribution in [2.45, 2.75) is 52.0 Å². The molecule has 1 aromatic rings. The molecule has 1 fully saturated rings. The Morgan fingerprint density at radius 3 is 2.86 bits per heavy atom. The number of fused-ring (bicyclic) bond motifs is 1. The van der Waals surface area contributed by atoms with Crippen LogP contribution in [0, 0.1) is 5.92 Å². The number of nitrogens with zero attached hydrogens (tertiary/aromatic N) is 1. The molecule has 4 heteroatoms. The van der Waals surface area contributed by atoms with E-state index in [4.69, 9.17) is 0 Å². The first-order chi connectivity index (χ1) is 10.2. The van der Waals surface area contributed by atoms with Crippen molar-refractivity contribution in [1.82, 2.24) is 10.2 Å². The Labute approximate surface area is 131 Å². The van der Waals surface area contributed by atoms with Gasteiger partial charge in [-0.2, -0.15) is 0 Å². The Balaban J connectivity index is 1.59. The number of nitrogens with one attached hydrogen (secondary N) is 1. The van der Waals surface area contributed by atoms with Gasteiger partial charge in [0.15, 0.2) is 0 Å². The van der Waals surface area contributed by atoms with E-state index in [1.807, 2.05) is 0 Å². The van der Waals surface area contributed by atoms with Gasteiger partial charge in [0.2, 0.25) is 0 Å². The first kappa shape index (κ1) is 15.0. The van der Waals surface area contributed by atoms with Crippen molar-refractivity contribution >= 4 is 17.2 Å². The topological polar surface area (TPSA) is 32.3 Å². The van der Waals surface area contributed by atoms with Crippen LogP contribution in [-0.4, -0.2) is 36.5 Å². The predicted molar refractivity (Wildman–Crippen MR) is 88.1 cm³/mol. The summed E-state index contributed by atoms with van der Waals surface area (Å²) >= 11 is 1.72. The van der Waals surface area contributed by atoms with E-state index < -0.39 is 0 Å². The van der Waals surface area contributed by atoms with E-state index in [0.717, 1.165) is 56.1 Å². The number of rotatable bonds is 3. The lowest BCUT2D eigenvalue weighted by Gasteiger charge is -2.31. The summed E-state index contributed by atoms with van der Waals surface area (Å²) in [4.78, 5) is 17.3. The van der Waals surface area contributed by atoms with Crippen LogP contribution in [0.1, 0.15) is 53.2 Å². The summed E-state index contributed by atoms with van der Waals surface area (Å²) in [5, 5.41) is 3.24. The number of hydrogen-bond donors (Lipinski definition) is 1. The Morgan fingerprint density at radius 2 is 2.14 bits per heavy atom. The molecule has 1 atom stereocenters. The van der Waals surface area contributed by atoms with Crippen molar-refractivity contribution in [3.05, 3.63) is 21.4 Å². The van der Waals surface area contributed by atoms with Crippen LogP contribution in [0.15, 0.2) is 6.07 Å². The second-order valence-corrected chi connectivity index (χ2v) is 7.73. The zero-order valence-corrected chi connectivity index (χ0v) is 14.0. The summed E-state index contributed by atoms with van der Waals surface area (Å²) in [5.74, 6) is 0.915. The highest BCUT2D eigenvalue weighted by molar-refractivity contribution is 7.14. The van der Waals surface area contributed by atoms with Gasteiger partial charge in [-0.1, -0.05) is 13.8 Å². The summed E-state index contributed by atoms with van der Waals surface area (Å²) in [6.45, 7) is 7.86. The molecule has 2 heterocycles. The minimum atomic E-state index is 0.150. The smallest absolute Gasteiger partial charge is 0.261 e. The van der Waals surface area contributed by atoms with Crippen LogP contribution in [0.2, 0.25) is 0 Å². The second-order valence-electron chi connectivity index (χ2n) is 6.59. The summed E-state index contributed by atoms with van der Waals surface area (Å²) in [7, 11) is 0. The molecule has 0 spiro atoms. The van der Waals surface area contributed by atoms with Gasteiger partial charge >= 0.3 is 0 Å². The van der Waals surface area contributed by atoms with E-state index in [0.29, 0.717) is 6.04 Å². The fourth-order valence-corrected chi connectivity index (χ4v) is 4.58. The molecule has 1 aliphatic heterocycles. The van der Waals surface area contributed by atoms with Crippen LogP contribution in [0.25, 0.3) is 0 Å². The lowest BCUT2D eigenvalue weighted by atomic mass is 9.90. The molecule has 116 valence electrons. The Bertz CT molecular complexity index is 503. The molecular weight excluding hydrogens is 280 g/mol. The third-order valence-electron chi connectivity index (χ3n) is 4.92. The number of amides is 1. The van der Waals surface area contributed by atoms with Crippen molar-refractivity contribution in [3.8, 4) is 0 Å². The van der Waals surface area contributed by atoms with Gasteiger partial charge in [0.1, 0.15) is 0 Å². The van der Waals surface area contributed by atoms with Crippen LogP contribution in [0.3, 0.4) is 0 Å². The lowest BCUT2D eigenvalue weighted by Crippen LogP contribution is -2.44. The molecule has 1 N–H and O–H groups in total. The van der Waals surface area contributed by atoms with E-state index in [9.17, 15) is 4.79 Å². The Morgan fingerprint density at radius 1 is 1.38 bits per heavy atom. The molecule has 1 aliphatic carbocycles. The average molecular weight is 306 g/mol. The van der Waals surface area contributed by atoms with Crippen LogP contribution >= 0.6 is 11.3 Å². The number of aryl methyl sites for hydroxylation is 1. The standard InChI is InChI=1S/C17H26N2OS/c1-3-19-8-6-14(7-9-19)18-17(20)16-11-13-10-12(2)4-5-15(13)21-16/h11-12,14H,3-10H2,1-2H3,(H,18,20). The number of likely N-dealkylation sites (tertiary alicyclic amines) is 1. The fourth-order valence-electron chi connectivity index (χ4n) is 3.47. The SMILES string of the molecule is CCN1CCC(NC(=O)c2cc3c(s2)CCC(C)C3)CC1. The summed E-state index contributed by atoms with van der Waals surface area (Å²) < 4.78 is 0. The molecule has 0 bridgehead atoms. The minimum Gasteiger partial charge on any atom is -0.349 e. The molecule has 2 aliphatic rings. The van der Waals surface area contributed by atoms with Crippen molar-refractivity contribution in [2.24, 2.45) is 5.92 Å². The third-order valence-corrected chi connectivity index (χ3v) is 6.16. The van der Waals surface area contributed by atoms with E-state index in [-0.39, 0.29) is 5.91 Å². The van der Waals surface area contributed by atoms with Gasteiger partial charge in [0, 0.05) is 24.0 Å². The largest absolute Gasteiger partial charge is 0.349 e. The average Bonchev–Trinajstić information content (AvgIpc) is 2.91. The van der Waals surface area contributed by atoms with Crippen molar-refractivity contribution in [2.75, 3.05) is 19.6 Å².